The molecule has 0 aromatic carbocycles. The first kappa shape index (κ1) is 22.2. The van der Waals surface area contributed by atoms with Gasteiger partial charge in [0, 0.05) is 31.1 Å². The fraction of sp³-hybridized carbons (Fsp3) is 0.545. The number of rotatable bonds is 5. The van der Waals surface area contributed by atoms with Gasteiger partial charge in [-0.25, -0.2) is 8.42 Å². The molecular weight excluding hydrogens is 434 g/mol. The summed E-state index contributed by atoms with van der Waals surface area (Å²) in [6, 6.07) is 3.88. The van der Waals surface area contributed by atoms with E-state index in [1.54, 1.807) is 24.3 Å². The zero-order chi connectivity index (χ0) is 22.0. The summed E-state index contributed by atoms with van der Waals surface area (Å²) < 4.78 is 33.8. The summed E-state index contributed by atoms with van der Waals surface area (Å²) in [4.78, 5) is 16.1. The molecule has 0 aliphatic carbocycles. The van der Waals surface area contributed by atoms with Crippen molar-refractivity contribution < 1.29 is 17.7 Å². The van der Waals surface area contributed by atoms with Crippen molar-refractivity contribution in [3.8, 4) is 0 Å². The van der Waals surface area contributed by atoms with Crippen molar-refractivity contribution in [3.63, 3.8) is 0 Å². The Labute approximate surface area is 187 Å². The van der Waals surface area contributed by atoms with E-state index in [2.05, 4.69) is 12.1 Å². The first-order chi connectivity index (χ1) is 14.9. The van der Waals surface area contributed by atoms with Gasteiger partial charge in [-0.05, 0) is 62.1 Å². The Bertz CT molecular complexity index is 1040. The van der Waals surface area contributed by atoms with Crippen LogP contribution in [-0.4, -0.2) is 54.9 Å². The second-order valence-corrected chi connectivity index (χ2v) is 11.4. The molecule has 0 N–H and O–H groups in total. The monoisotopic (exact) mass is 463 g/mol. The topological polar surface area (TPSA) is 83.7 Å². The van der Waals surface area contributed by atoms with Crippen LogP contribution in [0, 0.1) is 18.8 Å². The Morgan fingerprint density at radius 2 is 2.03 bits per heavy atom. The third-order valence-electron chi connectivity index (χ3n) is 6.08. The first-order valence-corrected chi connectivity index (χ1v) is 13.1. The fourth-order valence-electron chi connectivity index (χ4n) is 4.48. The molecule has 9 heteroatoms. The lowest BCUT2D eigenvalue weighted by Crippen LogP contribution is -2.49. The van der Waals surface area contributed by atoms with Gasteiger partial charge in [-0.1, -0.05) is 18.1 Å². The van der Waals surface area contributed by atoms with Gasteiger partial charge in [0.2, 0.25) is 15.9 Å². The van der Waals surface area contributed by atoms with E-state index in [1.807, 2.05) is 28.5 Å². The number of carbonyl (C=O) groups excluding carboxylic acids is 1. The smallest absolute Gasteiger partial charge is 0.248 e. The second-order valence-electron chi connectivity index (χ2n) is 8.54. The van der Waals surface area contributed by atoms with Gasteiger partial charge in [-0.15, -0.1) is 11.3 Å². The third-order valence-corrected chi connectivity index (χ3v) is 8.94. The molecule has 2 aromatic heterocycles. The lowest BCUT2D eigenvalue weighted by atomic mass is 9.94. The number of nitrogens with zero attached hydrogens (tertiary/aromatic N) is 3. The molecule has 0 unspecified atom stereocenters. The maximum atomic E-state index is 13.5. The molecule has 0 spiro atoms. The lowest BCUT2D eigenvalue weighted by Gasteiger charge is -2.37. The number of thiophene rings is 1. The van der Waals surface area contributed by atoms with Crippen molar-refractivity contribution in [3.05, 3.63) is 33.8 Å². The third kappa shape index (κ3) is 4.78. The number of carbonyl (C=O) groups is 1. The summed E-state index contributed by atoms with van der Waals surface area (Å²) in [6.07, 6.45) is 7.03. The van der Waals surface area contributed by atoms with Crippen LogP contribution in [0.4, 0.5) is 0 Å². The van der Waals surface area contributed by atoms with E-state index in [0.717, 1.165) is 37.2 Å². The Balaban J connectivity index is 1.53. The van der Waals surface area contributed by atoms with E-state index in [0.29, 0.717) is 24.6 Å². The SMILES string of the molecule is Cc1noc(/C=C/c2cccs2)c1S(=O)(=O)N1CCC[C@@H](C(=O)N2CCC[C@H](C)C2)C1. The average molecular weight is 464 g/mol. The number of sulfonamides is 1. The van der Waals surface area contributed by atoms with E-state index in [-0.39, 0.29) is 29.0 Å². The van der Waals surface area contributed by atoms with Gasteiger partial charge in [0.1, 0.15) is 5.69 Å². The summed E-state index contributed by atoms with van der Waals surface area (Å²) in [5.41, 5.74) is 0.337. The minimum absolute atomic E-state index is 0.0892. The molecule has 2 aliphatic heterocycles. The summed E-state index contributed by atoms with van der Waals surface area (Å²) >= 11 is 1.56. The van der Waals surface area contributed by atoms with Crippen LogP contribution in [0.1, 0.15) is 48.9 Å². The average Bonchev–Trinajstić information content (AvgIpc) is 3.41. The van der Waals surface area contributed by atoms with Gasteiger partial charge in [0.05, 0.1) is 5.92 Å². The van der Waals surface area contributed by atoms with E-state index >= 15 is 0 Å². The van der Waals surface area contributed by atoms with Crippen molar-refractivity contribution >= 4 is 39.4 Å². The van der Waals surface area contributed by atoms with Crippen molar-refractivity contribution in [2.24, 2.45) is 11.8 Å². The molecule has 2 atom stereocenters. The van der Waals surface area contributed by atoms with E-state index < -0.39 is 10.0 Å². The molecule has 1 amide bonds. The molecule has 2 aromatic rings. The van der Waals surface area contributed by atoms with Crippen LogP contribution >= 0.6 is 11.3 Å². The van der Waals surface area contributed by atoms with Crippen LogP contribution < -0.4 is 0 Å². The number of aromatic nitrogens is 1. The number of likely N-dealkylation sites (tertiary alicyclic amines) is 1. The van der Waals surface area contributed by atoms with Crippen LogP contribution in [-0.2, 0) is 14.8 Å². The molecule has 0 radical (unpaired) electrons. The summed E-state index contributed by atoms with van der Waals surface area (Å²) in [6.45, 7) is 5.96. The number of hydrogen-bond donors (Lipinski definition) is 0. The first-order valence-electron chi connectivity index (χ1n) is 10.8. The molecule has 2 aliphatic rings. The van der Waals surface area contributed by atoms with Crippen LogP contribution in [0.5, 0.6) is 0 Å². The van der Waals surface area contributed by atoms with Crippen LogP contribution in [0.2, 0.25) is 0 Å². The minimum atomic E-state index is -3.82. The molecular formula is C22H29N3O4S2. The highest BCUT2D eigenvalue weighted by molar-refractivity contribution is 7.89. The van der Waals surface area contributed by atoms with Gasteiger partial charge in [-0.2, -0.15) is 4.31 Å². The highest BCUT2D eigenvalue weighted by atomic mass is 32.2. The van der Waals surface area contributed by atoms with E-state index in [1.165, 1.54) is 4.31 Å². The molecule has 7 nitrogen and oxygen atoms in total. The van der Waals surface area contributed by atoms with Gasteiger partial charge in [-0.3, -0.25) is 4.79 Å². The second kappa shape index (κ2) is 9.26. The molecule has 168 valence electrons. The van der Waals surface area contributed by atoms with E-state index in [9.17, 15) is 13.2 Å². The zero-order valence-electron chi connectivity index (χ0n) is 18.0. The molecule has 4 heterocycles. The van der Waals surface area contributed by atoms with Gasteiger partial charge < -0.3 is 9.42 Å². The Kier molecular flexibility index (Phi) is 6.64. The lowest BCUT2D eigenvalue weighted by molar-refractivity contribution is -0.138. The number of amides is 1. The Morgan fingerprint density at radius 3 is 2.77 bits per heavy atom. The van der Waals surface area contributed by atoms with Crippen molar-refractivity contribution in [1.29, 1.82) is 0 Å². The normalized spacial score (nSPS) is 23.5. The summed E-state index contributed by atoms with van der Waals surface area (Å²) in [5.74, 6) is 0.521. The fourth-order valence-corrected chi connectivity index (χ4v) is 6.87. The van der Waals surface area contributed by atoms with Crippen LogP contribution in [0.3, 0.4) is 0 Å². The standard InChI is InChI=1S/C22H29N3O4S2/c1-16-6-3-11-24(14-16)22(26)18-7-4-12-25(15-18)31(27,28)21-17(2)23-29-20(21)10-9-19-8-5-13-30-19/h5,8-10,13,16,18H,3-4,6-7,11-12,14-15H2,1-2H3/b10-9+/t16-,18+/m0/s1. The molecule has 2 saturated heterocycles. The predicted molar refractivity (Wildman–Crippen MR) is 121 cm³/mol. The summed E-state index contributed by atoms with van der Waals surface area (Å²) in [7, 11) is -3.82. The van der Waals surface area contributed by atoms with Crippen molar-refractivity contribution in [2.75, 3.05) is 26.2 Å². The molecule has 0 saturated carbocycles. The summed E-state index contributed by atoms with van der Waals surface area (Å²) in [5, 5.41) is 5.86. The van der Waals surface area contributed by atoms with Crippen LogP contribution in [0.15, 0.2) is 26.9 Å². The molecule has 0 bridgehead atoms. The quantitative estimate of drug-likeness (QED) is 0.672. The Morgan fingerprint density at radius 1 is 1.23 bits per heavy atom. The van der Waals surface area contributed by atoms with Crippen molar-refractivity contribution in [2.45, 2.75) is 44.4 Å². The molecule has 4 rings (SSSR count). The molecule has 2 fully saturated rings. The highest BCUT2D eigenvalue weighted by Gasteiger charge is 2.38. The number of hydrogen-bond acceptors (Lipinski definition) is 6. The zero-order valence-corrected chi connectivity index (χ0v) is 19.6. The number of aryl methyl sites for hydroxylation is 1. The van der Waals surface area contributed by atoms with E-state index in [4.69, 9.17) is 4.52 Å². The maximum absolute atomic E-state index is 13.5. The van der Waals surface area contributed by atoms with Gasteiger partial charge >= 0.3 is 0 Å². The van der Waals surface area contributed by atoms with Gasteiger partial charge in [0.25, 0.3) is 0 Å². The Hall–Kier alpha value is -1.97. The minimum Gasteiger partial charge on any atom is -0.355 e. The van der Waals surface area contributed by atoms with Crippen LogP contribution in [0.25, 0.3) is 12.2 Å². The highest BCUT2D eigenvalue weighted by Crippen LogP contribution is 2.30. The predicted octanol–water partition coefficient (Wildman–Crippen LogP) is 3.87. The number of piperidine rings is 2. The van der Waals surface area contributed by atoms with Gasteiger partial charge in [0.15, 0.2) is 10.7 Å². The largest absolute Gasteiger partial charge is 0.355 e. The molecule has 31 heavy (non-hydrogen) atoms. The maximum Gasteiger partial charge on any atom is 0.248 e. The van der Waals surface area contributed by atoms with Crippen molar-refractivity contribution in [1.82, 2.24) is 14.4 Å².